The number of nitrogen functional groups attached to an aromatic ring is 1. The molecule has 1 saturated heterocycles. The Hall–Kier alpha value is -1.58. The Morgan fingerprint density at radius 3 is 2.86 bits per heavy atom. The van der Waals surface area contributed by atoms with E-state index in [0.717, 1.165) is 12.0 Å². The summed E-state index contributed by atoms with van der Waals surface area (Å²) >= 11 is 0. The summed E-state index contributed by atoms with van der Waals surface area (Å²) < 4.78 is 12.8. The molecule has 2 rings (SSSR count). The van der Waals surface area contributed by atoms with E-state index in [9.17, 15) is 9.18 Å². The molecule has 74 valence electrons. The first-order valence-electron chi connectivity index (χ1n) is 4.51. The minimum atomic E-state index is -0.418. The van der Waals surface area contributed by atoms with Gasteiger partial charge in [0.05, 0.1) is 11.7 Å². The van der Waals surface area contributed by atoms with E-state index >= 15 is 0 Å². The predicted molar refractivity (Wildman–Crippen MR) is 50.9 cm³/mol. The zero-order valence-electron chi connectivity index (χ0n) is 7.59. The molecule has 0 bridgehead atoms. The van der Waals surface area contributed by atoms with Crippen LogP contribution in [0.15, 0.2) is 18.2 Å². The summed E-state index contributed by atoms with van der Waals surface area (Å²) in [4.78, 5) is 11.0. The van der Waals surface area contributed by atoms with E-state index in [-0.39, 0.29) is 17.6 Å². The van der Waals surface area contributed by atoms with Crippen LogP contribution in [-0.2, 0) is 4.79 Å². The lowest BCUT2D eigenvalue weighted by Gasteiger charge is -2.10. The quantitative estimate of drug-likeness (QED) is 0.663. The molecule has 1 aromatic carbocycles. The number of amides is 1. The van der Waals surface area contributed by atoms with Crippen molar-refractivity contribution in [2.75, 3.05) is 5.73 Å². The molecule has 1 amide bonds. The number of nitrogens with one attached hydrogen (secondary N) is 1. The predicted octanol–water partition coefficient (Wildman–Crippen LogP) is 1.36. The van der Waals surface area contributed by atoms with Crippen LogP contribution in [0.1, 0.15) is 24.4 Å². The fourth-order valence-corrected chi connectivity index (χ4v) is 1.64. The molecule has 1 aromatic rings. The van der Waals surface area contributed by atoms with E-state index in [0.29, 0.717) is 6.42 Å². The van der Waals surface area contributed by atoms with Crippen molar-refractivity contribution in [3.63, 3.8) is 0 Å². The van der Waals surface area contributed by atoms with Crippen LogP contribution in [0.4, 0.5) is 10.1 Å². The molecule has 1 fully saturated rings. The maximum atomic E-state index is 12.8. The van der Waals surface area contributed by atoms with Gasteiger partial charge in [0, 0.05) is 6.42 Å². The number of carbonyl (C=O) groups excluding carboxylic acids is 1. The highest BCUT2D eigenvalue weighted by Gasteiger charge is 2.22. The monoisotopic (exact) mass is 194 g/mol. The molecule has 1 aliphatic heterocycles. The van der Waals surface area contributed by atoms with Crippen molar-refractivity contribution in [3.05, 3.63) is 29.6 Å². The van der Waals surface area contributed by atoms with Gasteiger partial charge in [0.15, 0.2) is 0 Å². The molecule has 4 heteroatoms. The number of nitrogens with two attached hydrogens (primary N) is 1. The molecule has 0 radical (unpaired) electrons. The van der Waals surface area contributed by atoms with Crippen molar-refractivity contribution in [1.29, 1.82) is 0 Å². The highest BCUT2D eigenvalue weighted by molar-refractivity contribution is 5.78. The van der Waals surface area contributed by atoms with E-state index in [1.807, 2.05) is 0 Å². The highest BCUT2D eigenvalue weighted by atomic mass is 19.1. The third-order valence-electron chi connectivity index (χ3n) is 2.42. The molecule has 0 aliphatic carbocycles. The lowest BCUT2D eigenvalue weighted by atomic mass is 10.0. The van der Waals surface area contributed by atoms with E-state index in [2.05, 4.69) is 5.32 Å². The van der Waals surface area contributed by atoms with Gasteiger partial charge in [-0.2, -0.15) is 0 Å². The van der Waals surface area contributed by atoms with Crippen molar-refractivity contribution in [3.8, 4) is 0 Å². The Bertz CT molecular complexity index is 378. The van der Waals surface area contributed by atoms with Crippen molar-refractivity contribution in [1.82, 2.24) is 5.32 Å². The topological polar surface area (TPSA) is 55.1 Å². The van der Waals surface area contributed by atoms with Crippen LogP contribution in [0.25, 0.3) is 0 Å². The second kappa shape index (κ2) is 3.29. The average Bonchev–Trinajstić information content (AvgIpc) is 2.57. The van der Waals surface area contributed by atoms with Crippen molar-refractivity contribution in [2.24, 2.45) is 0 Å². The Kier molecular flexibility index (Phi) is 2.11. The van der Waals surface area contributed by atoms with Gasteiger partial charge in [-0.05, 0) is 24.1 Å². The third kappa shape index (κ3) is 1.55. The first-order chi connectivity index (χ1) is 6.66. The van der Waals surface area contributed by atoms with Crippen LogP contribution in [0, 0.1) is 5.82 Å². The standard InChI is InChI=1S/C10H11FN2O/c11-7-2-1-6(5-8(7)12)9-3-4-10(14)13-9/h1-2,5,9H,3-4,12H2,(H,13,14). The average molecular weight is 194 g/mol. The molecular formula is C10H11FN2O. The fraction of sp³-hybridized carbons (Fsp3) is 0.300. The molecule has 0 aromatic heterocycles. The highest BCUT2D eigenvalue weighted by Crippen LogP contribution is 2.25. The SMILES string of the molecule is Nc1cc(C2CCC(=O)N2)ccc1F. The molecule has 14 heavy (non-hydrogen) atoms. The van der Waals surface area contributed by atoms with Crippen LogP contribution < -0.4 is 11.1 Å². The smallest absolute Gasteiger partial charge is 0.220 e. The second-order valence-electron chi connectivity index (χ2n) is 3.44. The summed E-state index contributed by atoms with van der Waals surface area (Å²) in [5, 5.41) is 2.80. The Morgan fingerprint density at radius 2 is 2.29 bits per heavy atom. The molecule has 3 nitrogen and oxygen atoms in total. The zero-order chi connectivity index (χ0) is 10.1. The largest absolute Gasteiger partial charge is 0.396 e. The molecule has 1 aliphatic rings. The minimum absolute atomic E-state index is 0.00889. The van der Waals surface area contributed by atoms with Gasteiger partial charge >= 0.3 is 0 Å². The summed E-state index contributed by atoms with van der Waals surface area (Å²) in [5.41, 5.74) is 6.43. The van der Waals surface area contributed by atoms with Crippen LogP contribution in [0.2, 0.25) is 0 Å². The number of carbonyl (C=O) groups is 1. The Labute approximate surface area is 81.1 Å². The number of rotatable bonds is 1. The van der Waals surface area contributed by atoms with Crippen molar-refractivity contribution in [2.45, 2.75) is 18.9 Å². The summed E-state index contributed by atoms with van der Waals surface area (Å²) in [5.74, 6) is -0.379. The van der Waals surface area contributed by atoms with E-state index in [4.69, 9.17) is 5.73 Å². The molecule has 0 saturated carbocycles. The zero-order valence-corrected chi connectivity index (χ0v) is 7.59. The van der Waals surface area contributed by atoms with Gasteiger partial charge in [-0.25, -0.2) is 4.39 Å². The van der Waals surface area contributed by atoms with Crippen LogP contribution >= 0.6 is 0 Å². The molecule has 1 unspecified atom stereocenters. The van der Waals surface area contributed by atoms with Crippen LogP contribution in [0.5, 0.6) is 0 Å². The maximum absolute atomic E-state index is 12.8. The van der Waals surface area contributed by atoms with E-state index < -0.39 is 5.82 Å². The van der Waals surface area contributed by atoms with Gasteiger partial charge in [-0.1, -0.05) is 6.07 Å². The van der Waals surface area contributed by atoms with Gasteiger partial charge in [-0.3, -0.25) is 4.79 Å². The normalized spacial score (nSPS) is 20.9. The lowest BCUT2D eigenvalue weighted by Crippen LogP contribution is -2.18. The lowest BCUT2D eigenvalue weighted by molar-refractivity contribution is -0.119. The molecule has 0 spiro atoms. The summed E-state index contributed by atoms with van der Waals surface area (Å²) in [7, 11) is 0. The molecule has 3 N–H and O–H groups in total. The number of anilines is 1. The second-order valence-corrected chi connectivity index (χ2v) is 3.44. The first-order valence-corrected chi connectivity index (χ1v) is 4.51. The van der Waals surface area contributed by atoms with E-state index in [1.54, 1.807) is 12.1 Å². The van der Waals surface area contributed by atoms with Crippen LogP contribution in [-0.4, -0.2) is 5.91 Å². The number of hydrogen-bond donors (Lipinski definition) is 2. The summed E-state index contributed by atoms with van der Waals surface area (Å²) in [6, 6.07) is 4.55. The van der Waals surface area contributed by atoms with Crippen molar-refractivity contribution >= 4 is 11.6 Å². The minimum Gasteiger partial charge on any atom is -0.396 e. The number of benzene rings is 1. The van der Waals surface area contributed by atoms with Gasteiger partial charge in [0.1, 0.15) is 5.82 Å². The molecule has 1 heterocycles. The van der Waals surface area contributed by atoms with Gasteiger partial charge < -0.3 is 11.1 Å². The summed E-state index contributed by atoms with van der Waals surface area (Å²) in [6.45, 7) is 0. The van der Waals surface area contributed by atoms with E-state index in [1.165, 1.54) is 6.07 Å². The Morgan fingerprint density at radius 1 is 1.50 bits per heavy atom. The summed E-state index contributed by atoms with van der Waals surface area (Å²) in [6.07, 6.45) is 1.28. The van der Waals surface area contributed by atoms with Gasteiger partial charge in [-0.15, -0.1) is 0 Å². The van der Waals surface area contributed by atoms with Gasteiger partial charge in [0.25, 0.3) is 0 Å². The third-order valence-corrected chi connectivity index (χ3v) is 2.42. The first kappa shape index (κ1) is 8.99. The van der Waals surface area contributed by atoms with Crippen LogP contribution in [0.3, 0.4) is 0 Å². The van der Waals surface area contributed by atoms with Crippen molar-refractivity contribution < 1.29 is 9.18 Å². The maximum Gasteiger partial charge on any atom is 0.220 e. The Balaban J connectivity index is 2.24. The fourth-order valence-electron chi connectivity index (χ4n) is 1.64. The number of hydrogen-bond acceptors (Lipinski definition) is 2. The number of halogens is 1. The molecule has 1 atom stereocenters. The molecular weight excluding hydrogens is 183 g/mol. The van der Waals surface area contributed by atoms with Gasteiger partial charge in [0.2, 0.25) is 5.91 Å².